The Morgan fingerprint density at radius 1 is 1.20 bits per heavy atom. The third-order valence-electron chi connectivity index (χ3n) is 4.35. The first-order valence-corrected chi connectivity index (χ1v) is 7.70. The number of hydrogen-bond donors (Lipinski definition) is 0. The highest BCUT2D eigenvalue weighted by Crippen LogP contribution is 2.44. The van der Waals surface area contributed by atoms with Crippen LogP contribution in [0, 0.1) is 5.92 Å². The third kappa shape index (κ3) is 2.03. The fourth-order valence-corrected chi connectivity index (χ4v) is 3.21. The molecule has 0 amide bonds. The van der Waals surface area contributed by atoms with E-state index in [-0.39, 0.29) is 0 Å². The van der Waals surface area contributed by atoms with E-state index in [1.54, 1.807) is 6.07 Å². The molecule has 0 N–H and O–H groups in total. The van der Waals surface area contributed by atoms with Crippen LogP contribution in [0.15, 0.2) is 12.1 Å². The van der Waals surface area contributed by atoms with E-state index in [9.17, 15) is 0 Å². The van der Waals surface area contributed by atoms with Crippen molar-refractivity contribution in [2.24, 2.45) is 5.92 Å². The number of halogens is 1. The van der Waals surface area contributed by atoms with Crippen molar-refractivity contribution in [3.05, 3.63) is 34.2 Å². The highest BCUT2D eigenvalue weighted by molar-refractivity contribution is 6.29. The van der Waals surface area contributed by atoms with Crippen LogP contribution in [0.5, 0.6) is 0 Å². The van der Waals surface area contributed by atoms with Gasteiger partial charge in [0.25, 0.3) is 0 Å². The SMILES string of the molecule is CC1CCc2c(C3CC3)nn(-c3ccc(Cl)nn3)c2C1. The molecule has 2 aliphatic rings. The van der Waals surface area contributed by atoms with Crippen LogP contribution in [0.4, 0.5) is 0 Å². The maximum atomic E-state index is 5.83. The lowest BCUT2D eigenvalue weighted by molar-refractivity contribution is 0.486. The Labute approximate surface area is 123 Å². The monoisotopic (exact) mass is 288 g/mol. The molecule has 1 atom stereocenters. The maximum Gasteiger partial charge on any atom is 0.176 e. The van der Waals surface area contributed by atoms with Gasteiger partial charge in [-0.1, -0.05) is 18.5 Å². The topological polar surface area (TPSA) is 43.6 Å². The molecule has 0 aliphatic heterocycles. The van der Waals surface area contributed by atoms with Crippen molar-refractivity contribution in [3.8, 4) is 5.82 Å². The average molecular weight is 289 g/mol. The van der Waals surface area contributed by atoms with Gasteiger partial charge in [0.05, 0.1) is 5.69 Å². The minimum absolute atomic E-state index is 0.422. The first-order valence-electron chi connectivity index (χ1n) is 7.32. The van der Waals surface area contributed by atoms with E-state index in [0.717, 1.165) is 18.7 Å². The molecule has 2 aliphatic carbocycles. The van der Waals surface area contributed by atoms with Gasteiger partial charge in [0.15, 0.2) is 11.0 Å². The van der Waals surface area contributed by atoms with E-state index >= 15 is 0 Å². The second kappa shape index (κ2) is 4.55. The molecule has 1 fully saturated rings. The zero-order valence-corrected chi connectivity index (χ0v) is 12.3. The molecule has 5 heteroatoms. The van der Waals surface area contributed by atoms with Gasteiger partial charge in [0.1, 0.15) is 0 Å². The third-order valence-corrected chi connectivity index (χ3v) is 4.55. The summed E-state index contributed by atoms with van der Waals surface area (Å²) in [6, 6.07) is 3.68. The van der Waals surface area contributed by atoms with Crippen LogP contribution in [0.2, 0.25) is 5.15 Å². The Balaban J connectivity index is 1.84. The first kappa shape index (κ1) is 12.3. The Bertz CT molecular complexity index is 643. The molecule has 4 rings (SSSR count). The summed E-state index contributed by atoms with van der Waals surface area (Å²) in [5.74, 6) is 2.18. The molecule has 1 saturated carbocycles. The molecule has 2 heterocycles. The molecular weight excluding hydrogens is 272 g/mol. The number of hydrogen-bond acceptors (Lipinski definition) is 3. The summed E-state index contributed by atoms with van der Waals surface area (Å²) in [6.45, 7) is 2.31. The predicted molar refractivity (Wildman–Crippen MR) is 77.3 cm³/mol. The lowest BCUT2D eigenvalue weighted by atomic mass is 9.87. The Kier molecular flexibility index (Phi) is 2.81. The van der Waals surface area contributed by atoms with Crippen molar-refractivity contribution < 1.29 is 0 Å². The summed E-state index contributed by atoms with van der Waals surface area (Å²) in [7, 11) is 0. The molecular formula is C15H17ClN4. The summed E-state index contributed by atoms with van der Waals surface area (Å²) < 4.78 is 2.00. The molecule has 0 radical (unpaired) electrons. The van der Waals surface area contributed by atoms with Crippen LogP contribution in [-0.4, -0.2) is 20.0 Å². The van der Waals surface area contributed by atoms with Gasteiger partial charge in [-0.25, -0.2) is 4.68 Å². The molecule has 0 spiro atoms. The lowest BCUT2D eigenvalue weighted by Gasteiger charge is -2.19. The largest absolute Gasteiger partial charge is 0.217 e. The normalized spacial score (nSPS) is 21.8. The van der Waals surface area contributed by atoms with E-state index in [1.165, 1.54) is 36.2 Å². The van der Waals surface area contributed by atoms with Crippen molar-refractivity contribution in [1.82, 2.24) is 20.0 Å². The molecule has 104 valence electrons. The van der Waals surface area contributed by atoms with Crippen LogP contribution >= 0.6 is 11.6 Å². The summed E-state index contributed by atoms with van der Waals surface area (Å²) in [6.07, 6.45) is 6.07. The highest BCUT2D eigenvalue weighted by atomic mass is 35.5. The van der Waals surface area contributed by atoms with Gasteiger partial charge >= 0.3 is 0 Å². The number of fused-ring (bicyclic) bond motifs is 1. The number of rotatable bonds is 2. The zero-order chi connectivity index (χ0) is 13.7. The smallest absolute Gasteiger partial charge is 0.176 e. The summed E-state index contributed by atoms with van der Waals surface area (Å²) >= 11 is 5.83. The van der Waals surface area contributed by atoms with Crippen LogP contribution in [0.25, 0.3) is 5.82 Å². The molecule has 0 saturated heterocycles. The zero-order valence-electron chi connectivity index (χ0n) is 11.5. The molecule has 0 bridgehead atoms. The Hall–Kier alpha value is -1.42. The standard InChI is InChI=1S/C15H17ClN4/c1-9-2-5-11-12(8-9)20(19-15(11)10-3-4-10)14-7-6-13(16)17-18-14/h6-7,9-10H,2-5,8H2,1H3. The van der Waals surface area contributed by atoms with E-state index in [4.69, 9.17) is 16.7 Å². The fourth-order valence-electron chi connectivity index (χ4n) is 3.11. The van der Waals surface area contributed by atoms with Crippen molar-refractivity contribution in [2.45, 2.75) is 44.9 Å². The average Bonchev–Trinajstić information content (AvgIpc) is 3.22. The molecule has 20 heavy (non-hydrogen) atoms. The minimum atomic E-state index is 0.422. The van der Waals surface area contributed by atoms with Gasteiger partial charge in [-0.3, -0.25) is 0 Å². The van der Waals surface area contributed by atoms with E-state index < -0.39 is 0 Å². The highest BCUT2D eigenvalue weighted by Gasteiger charge is 2.33. The van der Waals surface area contributed by atoms with Gasteiger partial charge in [-0.2, -0.15) is 5.10 Å². The lowest BCUT2D eigenvalue weighted by Crippen LogP contribution is -2.15. The van der Waals surface area contributed by atoms with Gasteiger partial charge < -0.3 is 0 Å². The predicted octanol–water partition coefficient (Wildman–Crippen LogP) is 3.32. The number of nitrogens with zero attached hydrogens (tertiary/aromatic N) is 4. The summed E-state index contributed by atoms with van der Waals surface area (Å²) in [4.78, 5) is 0. The van der Waals surface area contributed by atoms with Crippen molar-refractivity contribution in [2.75, 3.05) is 0 Å². The van der Waals surface area contributed by atoms with Crippen molar-refractivity contribution in [1.29, 1.82) is 0 Å². The number of aromatic nitrogens is 4. The van der Waals surface area contributed by atoms with Gasteiger partial charge in [0, 0.05) is 11.6 Å². The van der Waals surface area contributed by atoms with Gasteiger partial charge in [-0.05, 0) is 55.7 Å². The van der Waals surface area contributed by atoms with Crippen molar-refractivity contribution in [3.63, 3.8) is 0 Å². The Morgan fingerprint density at radius 3 is 2.75 bits per heavy atom. The van der Waals surface area contributed by atoms with Gasteiger partial charge in [-0.15, -0.1) is 10.2 Å². The van der Waals surface area contributed by atoms with E-state index in [2.05, 4.69) is 17.1 Å². The quantitative estimate of drug-likeness (QED) is 0.851. The van der Waals surface area contributed by atoms with Crippen LogP contribution in [0.3, 0.4) is 0 Å². The molecule has 1 unspecified atom stereocenters. The Morgan fingerprint density at radius 2 is 2.05 bits per heavy atom. The molecule has 4 nitrogen and oxygen atoms in total. The second-order valence-electron chi connectivity index (χ2n) is 6.06. The summed E-state index contributed by atoms with van der Waals surface area (Å²) in [5, 5.41) is 13.4. The molecule has 2 aromatic heterocycles. The van der Waals surface area contributed by atoms with E-state index in [1.807, 2.05) is 10.7 Å². The minimum Gasteiger partial charge on any atom is -0.217 e. The first-order chi connectivity index (χ1) is 9.72. The van der Waals surface area contributed by atoms with E-state index in [0.29, 0.717) is 17.0 Å². The van der Waals surface area contributed by atoms with Gasteiger partial charge in [0.2, 0.25) is 0 Å². The van der Waals surface area contributed by atoms with Crippen LogP contribution in [-0.2, 0) is 12.8 Å². The van der Waals surface area contributed by atoms with Crippen molar-refractivity contribution >= 4 is 11.6 Å². The fraction of sp³-hybridized carbons (Fsp3) is 0.533. The van der Waals surface area contributed by atoms with Crippen LogP contribution < -0.4 is 0 Å². The molecule has 2 aromatic rings. The van der Waals surface area contributed by atoms with Crippen LogP contribution in [0.1, 0.15) is 49.1 Å². The second-order valence-corrected chi connectivity index (χ2v) is 6.45. The molecule has 0 aromatic carbocycles. The summed E-state index contributed by atoms with van der Waals surface area (Å²) in [5.41, 5.74) is 4.12. The maximum absolute atomic E-state index is 5.83.